The third-order valence-electron chi connectivity index (χ3n) is 6.73. The van der Waals surface area contributed by atoms with E-state index < -0.39 is 0 Å². The third kappa shape index (κ3) is 4.54. The second kappa shape index (κ2) is 9.41. The molecule has 0 aliphatic carbocycles. The molecule has 4 heterocycles. The standard InChI is InChI=1S/C25H32N6O2/c1-3-29-8-10-31(11-9-29)22-16-21-18(2)17-26-25(32)23(21)24(28-22)27-19-4-6-20(7-5-19)30-12-14-33-15-13-30/h4-7,16-17H,3,8-15H2,1-2H3,(H,26,32)(H,27,28). The molecule has 2 saturated heterocycles. The molecule has 5 rings (SSSR count). The second-order valence-corrected chi connectivity index (χ2v) is 8.75. The normalized spacial score (nSPS) is 17.5. The summed E-state index contributed by atoms with van der Waals surface area (Å²) in [5, 5.41) is 4.97. The lowest BCUT2D eigenvalue weighted by atomic mass is 10.1. The minimum absolute atomic E-state index is 0.127. The van der Waals surface area contributed by atoms with Crippen molar-refractivity contribution in [2.75, 3.05) is 74.1 Å². The number of ether oxygens (including phenoxy) is 1. The Hall–Kier alpha value is -3.10. The first-order valence-electron chi connectivity index (χ1n) is 11.8. The molecule has 0 amide bonds. The number of nitrogens with one attached hydrogen (secondary N) is 2. The van der Waals surface area contributed by atoms with Gasteiger partial charge in [-0.15, -0.1) is 0 Å². The van der Waals surface area contributed by atoms with Crippen molar-refractivity contribution in [3.05, 3.63) is 52.4 Å². The number of benzene rings is 1. The molecule has 0 unspecified atom stereocenters. The maximum absolute atomic E-state index is 12.8. The minimum atomic E-state index is -0.127. The molecule has 2 aliphatic rings. The summed E-state index contributed by atoms with van der Waals surface area (Å²) in [4.78, 5) is 27.7. The van der Waals surface area contributed by atoms with Gasteiger partial charge in [0.15, 0.2) is 0 Å². The van der Waals surface area contributed by atoms with Gasteiger partial charge in [-0.3, -0.25) is 4.79 Å². The van der Waals surface area contributed by atoms with Gasteiger partial charge in [-0.1, -0.05) is 6.92 Å². The van der Waals surface area contributed by atoms with Crippen LogP contribution in [0.3, 0.4) is 0 Å². The van der Waals surface area contributed by atoms with E-state index in [-0.39, 0.29) is 5.56 Å². The number of H-pyrrole nitrogens is 1. The number of pyridine rings is 2. The number of morpholine rings is 1. The van der Waals surface area contributed by atoms with Gasteiger partial charge >= 0.3 is 0 Å². The van der Waals surface area contributed by atoms with E-state index in [0.717, 1.165) is 81.5 Å². The zero-order chi connectivity index (χ0) is 22.8. The average molecular weight is 449 g/mol. The first-order chi connectivity index (χ1) is 16.1. The molecule has 0 atom stereocenters. The van der Waals surface area contributed by atoms with E-state index in [1.54, 1.807) is 6.20 Å². The molecule has 0 spiro atoms. The summed E-state index contributed by atoms with van der Waals surface area (Å²) in [6.07, 6.45) is 1.78. The summed E-state index contributed by atoms with van der Waals surface area (Å²) in [7, 11) is 0. The Balaban J connectivity index is 1.47. The van der Waals surface area contributed by atoms with Crippen molar-refractivity contribution >= 4 is 33.8 Å². The number of fused-ring (bicyclic) bond motifs is 1. The minimum Gasteiger partial charge on any atom is -0.378 e. The highest BCUT2D eigenvalue weighted by Gasteiger charge is 2.20. The summed E-state index contributed by atoms with van der Waals surface area (Å²) in [5.41, 5.74) is 3.00. The second-order valence-electron chi connectivity index (χ2n) is 8.75. The van der Waals surface area contributed by atoms with Gasteiger partial charge in [-0.05, 0) is 54.8 Å². The van der Waals surface area contributed by atoms with E-state index in [2.05, 4.69) is 62.3 Å². The van der Waals surface area contributed by atoms with Crippen molar-refractivity contribution in [1.29, 1.82) is 0 Å². The van der Waals surface area contributed by atoms with E-state index in [4.69, 9.17) is 9.72 Å². The topological polar surface area (TPSA) is 76.7 Å². The number of likely N-dealkylation sites (N-methyl/N-ethyl adjacent to an activating group) is 1. The van der Waals surface area contributed by atoms with Crippen molar-refractivity contribution in [3.63, 3.8) is 0 Å². The van der Waals surface area contributed by atoms with Crippen LogP contribution in [0.5, 0.6) is 0 Å². The number of hydrogen-bond donors (Lipinski definition) is 2. The maximum Gasteiger partial charge on any atom is 0.259 e. The lowest BCUT2D eigenvalue weighted by Crippen LogP contribution is -2.46. The van der Waals surface area contributed by atoms with Crippen molar-refractivity contribution in [2.45, 2.75) is 13.8 Å². The highest BCUT2D eigenvalue weighted by atomic mass is 16.5. The van der Waals surface area contributed by atoms with Crippen LogP contribution in [0.15, 0.2) is 41.3 Å². The van der Waals surface area contributed by atoms with Gasteiger partial charge < -0.3 is 29.7 Å². The summed E-state index contributed by atoms with van der Waals surface area (Å²) < 4.78 is 5.46. The summed E-state index contributed by atoms with van der Waals surface area (Å²) in [6.45, 7) is 12.5. The Morgan fingerprint density at radius 3 is 2.45 bits per heavy atom. The van der Waals surface area contributed by atoms with Crippen molar-refractivity contribution in [1.82, 2.24) is 14.9 Å². The van der Waals surface area contributed by atoms with Crippen LogP contribution >= 0.6 is 0 Å². The Labute approximate surface area is 194 Å². The molecular formula is C25H32N6O2. The monoisotopic (exact) mass is 448 g/mol. The first kappa shape index (κ1) is 21.7. The molecule has 2 aromatic heterocycles. The number of rotatable bonds is 5. The quantitative estimate of drug-likeness (QED) is 0.621. The average Bonchev–Trinajstić information content (AvgIpc) is 2.87. The molecule has 8 heteroatoms. The largest absolute Gasteiger partial charge is 0.378 e. The fourth-order valence-corrected chi connectivity index (χ4v) is 4.66. The van der Waals surface area contributed by atoms with E-state index in [0.29, 0.717) is 11.2 Å². The molecule has 0 saturated carbocycles. The fraction of sp³-hybridized carbons (Fsp3) is 0.440. The van der Waals surface area contributed by atoms with Crippen molar-refractivity contribution in [2.24, 2.45) is 0 Å². The Kier molecular flexibility index (Phi) is 6.20. The molecule has 1 aromatic carbocycles. The summed E-state index contributed by atoms with van der Waals surface area (Å²) in [5.74, 6) is 1.52. The third-order valence-corrected chi connectivity index (χ3v) is 6.73. The number of anilines is 4. The van der Waals surface area contributed by atoms with Gasteiger partial charge in [0.25, 0.3) is 5.56 Å². The summed E-state index contributed by atoms with van der Waals surface area (Å²) >= 11 is 0. The van der Waals surface area contributed by atoms with Crippen LogP contribution in [-0.2, 0) is 4.74 Å². The highest BCUT2D eigenvalue weighted by molar-refractivity contribution is 5.96. The predicted octanol–water partition coefficient (Wildman–Crippen LogP) is 2.95. The van der Waals surface area contributed by atoms with Crippen LogP contribution < -0.4 is 20.7 Å². The number of aromatic amines is 1. The van der Waals surface area contributed by atoms with Crippen molar-refractivity contribution in [3.8, 4) is 0 Å². The fourth-order valence-electron chi connectivity index (χ4n) is 4.66. The van der Waals surface area contributed by atoms with Crippen LogP contribution in [0.1, 0.15) is 12.5 Å². The smallest absolute Gasteiger partial charge is 0.259 e. The molecule has 174 valence electrons. The van der Waals surface area contributed by atoms with Crippen molar-refractivity contribution < 1.29 is 4.74 Å². The predicted molar refractivity (Wildman–Crippen MR) is 134 cm³/mol. The number of hydrogen-bond acceptors (Lipinski definition) is 7. The lowest BCUT2D eigenvalue weighted by molar-refractivity contribution is 0.122. The van der Waals surface area contributed by atoms with Crippen LogP contribution in [0.2, 0.25) is 0 Å². The van der Waals surface area contributed by atoms with Gasteiger partial charge in [0, 0.05) is 56.8 Å². The first-order valence-corrected chi connectivity index (χ1v) is 11.8. The maximum atomic E-state index is 12.8. The van der Waals surface area contributed by atoms with Crippen LogP contribution in [0, 0.1) is 6.92 Å². The highest BCUT2D eigenvalue weighted by Crippen LogP contribution is 2.29. The molecule has 2 aliphatic heterocycles. The van der Waals surface area contributed by atoms with Gasteiger partial charge in [-0.2, -0.15) is 0 Å². The molecule has 8 nitrogen and oxygen atoms in total. The molecule has 0 radical (unpaired) electrons. The van der Waals surface area contributed by atoms with Gasteiger partial charge in [0.1, 0.15) is 11.6 Å². The van der Waals surface area contributed by atoms with E-state index in [9.17, 15) is 4.79 Å². The zero-order valence-corrected chi connectivity index (χ0v) is 19.4. The van der Waals surface area contributed by atoms with E-state index >= 15 is 0 Å². The van der Waals surface area contributed by atoms with Crippen LogP contribution in [0.25, 0.3) is 10.8 Å². The molecule has 3 aromatic rings. The number of nitrogens with zero attached hydrogens (tertiary/aromatic N) is 4. The molecule has 2 N–H and O–H groups in total. The molecule has 33 heavy (non-hydrogen) atoms. The Morgan fingerprint density at radius 1 is 1.03 bits per heavy atom. The Morgan fingerprint density at radius 2 is 1.76 bits per heavy atom. The molecule has 0 bridgehead atoms. The zero-order valence-electron chi connectivity index (χ0n) is 19.4. The number of piperazine rings is 1. The summed E-state index contributed by atoms with van der Waals surface area (Å²) in [6, 6.07) is 10.4. The lowest BCUT2D eigenvalue weighted by Gasteiger charge is -2.35. The number of aryl methyl sites for hydroxylation is 1. The van der Waals surface area contributed by atoms with Gasteiger partial charge in [-0.25, -0.2) is 4.98 Å². The van der Waals surface area contributed by atoms with E-state index in [1.165, 1.54) is 5.69 Å². The van der Waals surface area contributed by atoms with Gasteiger partial charge in [0.2, 0.25) is 0 Å². The molecule has 2 fully saturated rings. The van der Waals surface area contributed by atoms with Crippen LogP contribution in [0.4, 0.5) is 23.0 Å². The molecular weight excluding hydrogens is 416 g/mol. The SMILES string of the molecule is CCN1CCN(c2cc3c(C)c[nH]c(=O)c3c(Nc3ccc(N4CCOCC4)cc3)n2)CC1. The van der Waals surface area contributed by atoms with E-state index in [1.807, 2.05) is 6.92 Å². The van der Waals surface area contributed by atoms with Crippen LogP contribution in [-0.4, -0.2) is 73.9 Å². The Bertz CT molecular complexity index is 1160. The van der Waals surface area contributed by atoms with Gasteiger partial charge in [0.05, 0.1) is 18.6 Å². The number of aromatic nitrogens is 2.